The van der Waals surface area contributed by atoms with Gasteiger partial charge in [-0.15, -0.1) is 11.3 Å². The van der Waals surface area contributed by atoms with E-state index in [2.05, 4.69) is 45.0 Å². The topological polar surface area (TPSA) is 28.2 Å². The molecule has 1 aromatic rings. The fourth-order valence-electron chi connectivity index (χ4n) is 1.94. The summed E-state index contributed by atoms with van der Waals surface area (Å²) in [6.07, 6.45) is 4.86. The van der Waals surface area contributed by atoms with Crippen molar-refractivity contribution < 1.29 is 0 Å². The van der Waals surface area contributed by atoms with Crippen LogP contribution in [0, 0.1) is 0 Å². The highest BCUT2D eigenvalue weighted by Gasteiger charge is 2.12. The van der Waals surface area contributed by atoms with Gasteiger partial charge < -0.3 is 10.2 Å². The lowest BCUT2D eigenvalue weighted by molar-refractivity contribution is 0.590. The number of nitrogens with zero attached hydrogens (tertiary/aromatic N) is 2. The van der Waals surface area contributed by atoms with Crippen LogP contribution in [0.15, 0.2) is 0 Å². The van der Waals surface area contributed by atoms with E-state index in [0.29, 0.717) is 6.04 Å². The predicted octanol–water partition coefficient (Wildman–Crippen LogP) is 3.83. The molecular formula is C15H29N3S. The molecule has 1 rings (SSSR count). The zero-order valence-corrected chi connectivity index (χ0v) is 13.9. The van der Waals surface area contributed by atoms with Crippen molar-refractivity contribution in [1.29, 1.82) is 0 Å². The zero-order valence-electron chi connectivity index (χ0n) is 13.1. The third-order valence-electron chi connectivity index (χ3n) is 3.20. The van der Waals surface area contributed by atoms with Gasteiger partial charge in [0.1, 0.15) is 0 Å². The molecule has 0 spiro atoms. The Kier molecular flexibility index (Phi) is 7.39. The van der Waals surface area contributed by atoms with Crippen LogP contribution in [0.3, 0.4) is 0 Å². The van der Waals surface area contributed by atoms with Crippen LogP contribution in [0.4, 0.5) is 5.13 Å². The number of aromatic nitrogens is 1. The Morgan fingerprint density at radius 1 is 1.26 bits per heavy atom. The maximum absolute atomic E-state index is 4.79. The first-order valence-electron chi connectivity index (χ1n) is 7.51. The van der Waals surface area contributed by atoms with Crippen molar-refractivity contribution in [3.05, 3.63) is 10.6 Å². The third-order valence-corrected chi connectivity index (χ3v) is 4.41. The second kappa shape index (κ2) is 8.54. The van der Waals surface area contributed by atoms with Gasteiger partial charge in [0.15, 0.2) is 5.13 Å². The molecule has 0 radical (unpaired) electrons. The monoisotopic (exact) mass is 283 g/mol. The van der Waals surface area contributed by atoms with E-state index in [9.17, 15) is 0 Å². The van der Waals surface area contributed by atoms with E-state index < -0.39 is 0 Å². The van der Waals surface area contributed by atoms with Crippen molar-refractivity contribution in [2.75, 3.05) is 18.5 Å². The zero-order chi connectivity index (χ0) is 14.3. The molecule has 1 aromatic heterocycles. The fourth-order valence-corrected chi connectivity index (χ4v) is 3.03. The maximum atomic E-state index is 4.79. The number of hydrogen-bond donors (Lipinski definition) is 1. The minimum atomic E-state index is 0.525. The van der Waals surface area contributed by atoms with Crippen molar-refractivity contribution in [1.82, 2.24) is 10.3 Å². The first kappa shape index (κ1) is 16.4. The third kappa shape index (κ3) is 5.49. The lowest BCUT2D eigenvalue weighted by Crippen LogP contribution is -2.21. The Balaban J connectivity index is 2.63. The van der Waals surface area contributed by atoms with E-state index in [-0.39, 0.29) is 0 Å². The molecule has 0 aliphatic carbocycles. The van der Waals surface area contributed by atoms with Crippen LogP contribution in [0.1, 0.15) is 57.5 Å². The van der Waals surface area contributed by atoms with Gasteiger partial charge in [-0.2, -0.15) is 0 Å². The van der Waals surface area contributed by atoms with Gasteiger partial charge in [-0.25, -0.2) is 4.98 Å². The molecule has 0 amide bonds. The van der Waals surface area contributed by atoms with E-state index in [1.54, 1.807) is 0 Å². The van der Waals surface area contributed by atoms with Gasteiger partial charge in [0, 0.05) is 31.1 Å². The second-order valence-corrected chi connectivity index (χ2v) is 6.45. The number of thiazole rings is 1. The van der Waals surface area contributed by atoms with Crippen LogP contribution in [0.2, 0.25) is 0 Å². The number of anilines is 1. The van der Waals surface area contributed by atoms with Crippen LogP contribution in [0.5, 0.6) is 0 Å². The molecule has 1 heterocycles. The molecular weight excluding hydrogens is 254 g/mol. The van der Waals surface area contributed by atoms with Gasteiger partial charge in [-0.05, 0) is 12.8 Å². The molecule has 19 heavy (non-hydrogen) atoms. The second-order valence-electron chi connectivity index (χ2n) is 5.38. The Morgan fingerprint density at radius 2 is 2.00 bits per heavy atom. The molecule has 110 valence electrons. The molecule has 4 heteroatoms. The van der Waals surface area contributed by atoms with E-state index in [1.165, 1.54) is 35.0 Å². The van der Waals surface area contributed by atoms with E-state index in [1.807, 2.05) is 11.3 Å². The standard InChI is InChI=1S/C15H29N3S/c1-6-8-9-10-18(5)15-17-13(7-2)14(19-15)11-16-12(3)4/h12,16H,6-11H2,1-5H3. The largest absolute Gasteiger partial charge is 0.351 e. The number of aryl methyl sites for hydroxylation is 1. The van der Waals surface area contributed by atoms with Crippen LogP contribution in [-0.2, 0) is 13.0 Å². The molecule has 1 N–H and O–H groups in total. The molecule has 0 aromatic carbocycles. The molecule has 0 fully saturated rings. The van der Waals surface area contributed by atoms with E-state index >= 15 is 0 Å². The SMILES string of the molecule is CCCCCN(C)c1nc(CC)c(CNC(C)C)s1. The van der Waals surface area contributed by atoms with Crippen LogP contribution < -0.4 is 10.2 Å². The highest BCUT2D eigenvalue weighted by molar-refractivity contribution is 7.15. The molecule has 0 bridgehead atoms. The first-order valence-corrected chi connectivity index (χ1v) is 8.33. The average molecular weight is 283 g/mol. The van der Waals surface area contributed by atoms with Gasteiger partial charge in [-0.3, -0.25) is 0 Å². The number of nitrogens with one attached hydrogen (secondary N) is 1. The summed E-state index contributed by atoms with van der Waals surface area (Å²) in [6, 6.07) is 0.525. The Morgan fingerprint density at radius 3 is 2.58 bits per heavy atom. The highest BCUT2D eigenvalue weighted by Crippen LogP contribution is 2.26. The lowest BCUT2D eigenvalue weighted by Gasteiger charge is -2.14. The summed E-state index contributed by atoms with van der Waals surface area (Å²) in [5.74, 6) is 0. The summed E-state index contributed by atoms with van der Waals surface area (Å²) in [5, 5.41) is 4.67. The smallest absolute Gasteiger partial charge is 0.185 e. The van der Waals surface area contributed by atoms with Gasteiger partial charge in [-0.1, -0.05) is 40.5 Å². The molecule has 0 saturated carbocycles. The van der Waals surface area contributed by atoms with E-state index in [4.69, 9.17) is 4.98 Å². The molecule has 3 nitrogen and oxygen atoms in total. The van der Waals surface area contributed by atoms with Crippen molar-refractivity contribution in [3.63, 3.8) is 0 Å². The van der Waals surface area contributed by atoms with Gasteiger partial charge in [0.05, 0.1) is 5.69 Å². The van der Waals surface area contributed by atoms with Crippen LogP contribution in [0.25, 0.3) is 0 Å². The normalized spacial score (nSPS) is 11.3. The van der Waals surface area contributed by atoms with Crippen molar-refractivity contribution in [2.45, 2.75) is 66.0 Å². The van der Waals surface area contributed by atoms with Gasteiger partial charge in [0.2, 0.25) is 0 Å². The van der Waals surface area contributed by atoms with Crippen molar-refractivity contribution in [2.24, 2.45) is 0 Å². The quantitative estimate of drug-likeness (QED) is 0.698. The Bertz CT molecular complexity index is 360. The molecule has 0 saturated heterocycles. The Labute approximate surface area is 122 Å². The van der Waals surface area contributed by atoms with Gasteiger partial charge in [0.25, 0.3) is 0 Å². The predicted molar refractivity (Wildman–Crippen MR) is 86.3 cm³/mol. The van der Waals surface area contributed by atoms with Crippen LogP contribution in [-0.4, -0.2) is 24.6 Å². The lowest BCUT2D eigenvalue weighted by atomic mass is 10.2. The van der Waals surface area contributed by atoms with Crippen molar-refractivity contribution in [3.8, 4) is 0 Å². The maximum Gasteiger partial charge on any atom is 0.185 e. The fraction of sp³-hybridized carbons (Fsp3) is 0.800. The Hall–Kier alpha value is -0.610. The minimum absolute atomic E-state index is 0.525. The van der Waals surface area contributed by atoms with E-state index in [0.717, 1.165) is 19.5 Å². The highest BCUT2D eigenvalue weighted by atomic mass is 32.1. The summed E-state index contributed by atoms with van der Waals surface area (Å²) < 4.78 is 0. The summed E-state index contributed by atoms with van der Waals surface area (Å²) in [5.41, 5.74) is 1.26. The average Bonchev–Trinajstić information content (AvgIpc) is 2.79. The summed E-state index contributed by atoms with van der Waals surface area (Å²) in [6.45, 7) is 10.9. The molecule has 0 aliphatic heterocycles. The summed E-state index contributed by atoms with van der Waals surface area (Å²) in [4.78, 5) is 8.49. The summed E-state index contributed by atoms with van der Waals surface area (Å²) in [7, 11) is 2.16. The number of hydrogen-bond acceptors (Lipinski definition) is 4. The van der Waals surface area contributed by atoms with Crippen LogP contribution >= 0.6 is 11.3 Å². The number of unbranched alkanes of at least 4 members (excludes halogenated alkanes) is 2. The molecule has 0 aliphatic rings. The number of rotatable bonds is 9. The minimum Gasteiger partial charge on any atom is -0.351 e. The molecule has 0 atom stereocenters. The van der Waals surface area contributed by atoms with Crippen molar-refractivity contribution >= 4 is 16.5 Å². The van der Waals surface area contributed by atoms with Gasteiger partial charge >= 0.3 is 0 Å². The first-order chi connectivity index (χ1) is 9.08. The molecule has 0 unspecified atom stereocenters. The summed E-state index contributed by atoms with van der Waals surface area (Å²) >= 11 is 1.84.